The van der Waals surface area contributed by atoms with Crippen molar-refractivity contribution in [3.8, 4) is 5.75 Å². The average Bonchev–Trinajstić information content (AvgIpc) is 2.04. The van der Waals surface area contributed by atoms with Gasteiger partial charge in [0.15, 0.2) is 6.29 Å². The Balaban J connectivity index is 2.40. The number of hydrogen-bond donors (Lipinski definition) is 2. The van der Waals surface area contributed by atoms with Crippen LogP contribution >= 0.6 is 0 Å². The zero-order valence-electron chi connectivity index (χ0n) is 6.60. The number of benzene rings is 1. The van der Waals surface area contributed by atoms with Crippen molar-refractivity contribution in [3.05, 3.63) is 29.8 Å². The molecule has 0 saturated carbocycles. The zero-order chi connectivity index (χ0) is 8.55. The number of aliphatic hydroxyl groups excluding tert-OH is 1. The molecule has 1 aromatic rings. The van der Waals surface area contributed by atoms with Crippen molar-refractivity contribution in [1.29, 1.82) is 0 Å². The predicted octanol–water partition coefficient (Wildman–Crippen LogP) is 0.787. The van der Waals surface area contributed by atoms with E-state index in [1.54, 1.807) is 0 Å². The van der Waals surface area contributed by atoms with E-state index in [-0.39, 0.29) is 6.04 Å². The molecule has 0 bridgehead atoms. The predicted molar refractivity (Wildman–Crippen MR) is 44.6 cm³/mol. The second kappa shape index (κ2) is 2.77. The molecule has 3 N–H and O–H groups in total. The molecule has 2 atom stereocenters. The van der Waals surface area contributed by atoms with Gasteiger partial charge < -0.3 is 15.6 Å². The van der Waals surface area contributed by atoms with E-state index < -0.39 is 6.29 Å². The van der Waals surface area contributed by atoms with Gasteiger partial charge in [-0.1, -0.05) is 18.2 Å². The topological polar surface area (TPSA) is 55.5 Å². The van der Waals surface area contributed by atoms with Crippen LogP contribution in [0.3, 0.4) is 0 Å². The third kappa shape index (κ3) is 1.17. The zero-order valence-corrected chi connectivity index (χ0v) is 6.60. The van der Waals surface area contributed by atoms with Gasteiger partial charge in [0.25, 0.3) is 0 Å². The van der Waals surface area contributed by atoms with E-state index in [4.69, 9.17) is 10.5 Å². The Morgan fingerprint density at radius 3 is 3.00 bits per heavy atom. The Kier molecular flexibility index (Phi) is 1.75. The summed E-state index contributed by atoms with van der Waals surface area (Å²) in [5.41, 5.74) is 6.77. The summed E-state index contributed by atoms with van der Waals surface area (Å²) in [7, 11) is 0. The molecule has 64 valence electrons. The van der Waals surface area contributed by atoms with Gasteiger partial charge in [-0.25, -0.2) is 0 Å². The maximum Gasteiger partial charge on any atom is 0.199 e. The summed E-state index contributed by atoms with van der Waals surface area (Å²) in [6, 6.07) is 7.41. The van der Waals surface area contributed by atoms with E-state index in [1.807, 2.05) is 24.3 Å². The number of aliphatic hydroxyl groups is 1. The number of ether oxygens (including phenoxy) is 1. The van der Waals surface area contributed by atoms with Crippen LogP contribution in [-0.2, 0) is 0 Å². The number of nitrogens with two attached hydrogens (primary N) is 1. The standard InChI is InChI=1S/C9H11NO2/c10-7-5-9(11)12-8-4-2-1-3-6(7)8/h1-4,7,9,11H,5,10H2. The Hall–Kier alpha value is -1.06. The highest BCUT2D eigenvalue weighted by Crippen LogP contribution is 2.31. The average molecular weight is 165 g/mol. The molecular formula is C9H11NO2. The van der Waals surface area contributed by atoms with Gasteiger partial charge >= 0.3 is 0 Å². The Labute approximate surface area is 70.8 Å². The molecule has 0 spiro atoms. The third-order valence-corrected chi connectivity index (χ3v) is 2.04. The van der Waals surface area contributed by atoms with Gasteiger partial charge in [0.1, 0.15) is 5.75 Å². The van der Waals surface area contributed by atoms with Crippen molar-refractivity contribution < 1.29 is 9.84 Å². The maximum absolute atomic E-state index is 9.22. The Morgan fingerprint density at radius 1 is 1.42 bits per heavy atom. The van der Waals surface area contributed by atoms with Gasteiger partial charge in [-0.05, 0) is 6.07 Å². The molecule has 12 heavy (non-hydrogen) atoms. The molecule has 3 heteroatoms. The summed E-state index contributed by atoms with van der Waals surface area (Å²) >= 11 is 0. The lowest BCUT2D eigenvalue weighted by Crippen LogP contribution is -2.28. The third-order valence-electron chi connectivity index (χ3n) is 2.04. The molecule has 1 heterocycles. The number of hydrogen-bond acceptors (Lipinski definition) is 3. The highest BCUT2D eigenvalue weighted by Gasteiger charge is 2.23. The summed E-state index contributed by atoms with van der Waals surface area (Å²) in [5.74, 6) is 0.698. The first kappa shape index (κ1) is 7.58. The van der Waals surface area contributed by atoms with Crippen LogP contribution in [0, 0.1) is 0 Å². The quantitative estimate of drug-likeness (QED) is 0.597. The lowest BCUT2D eigenvalue weighted by Gasteiger charge is -2.26. The molecule has 0 fully saturated rings. The summed E-state index contributed by atoms with van der Waals surface area (Å²) in [6.07, 6.45) is -0.285. The van der Waals surface area contributed by atoms with Crippen LogP contribution < -0.4 is 10.5 Å². The second-order valence-corrected chi connectivity index (χ2v) is 2.95. The van der Waals surface area contributed by atoms with E-state index in [1.165, 1.54) is 0 Å². The first-order valence-corrected chi connectivity index (χ1v) is 3.96. The van der Waals surface area contributed by atoms with Gasteiger partial charge in [0, 0.05) is 18.0 Å². The molecular weight excluding hydrogens is 154 g/mol. The monoisotopic (exact) mass is 165 g/mol. The van der Waals surface area contributed by atoms with Crippen LogP contribution in [0.4, 0.5) is 0 Å². The van der Waals surface area contributed by atoms with E-state index in [0.29, 0.717) is 12.2 Å². The van der Waals surface area contributed by atoms with Crippen LogP contribution in [-0.4, -0.2) is 11.4 Å². The van der Waals surface area contributed by atoms with E-state index in [0.717, 1.165) is 5.56 Å². The van der Waals surface area contributed by atoms with Crippen molar-refractivity contribution in [2.45, 2.75) is 18.8 Å². The van der Waals surface area contributed by atoms with Gasteiger partial charge in [-0.2, -0.15) is 0 Å². The van der Waals surface area contributed by atoms with Gasteiger partial charge in [-0.3, -0.25) is 0 Å². The van der Waals surface area contributed by atoms with Gasteiger partial charge in [-0.15, -0.1) is 0 Å². The smallest absolute Gasteiger partial charge is 0.199 e. The van der Waals surface area contributed by atoms with Crippen LogP contribution in [0.2, 0.25) is 0 Å². The fourth-order valence-corrected chi connectivity index (χ4v) is 1.43. The molecule has 0 aliphatic carbocycles. The van der Waals surface area contributed by atoms with Crippen molar-refractivity contribution in [1.82, 2.24) is 0 Å². The number of para-hydroxylation sites is 1. The van der Waals surface area contributed by atoms with E-state index in [9.17, 15) is 5.11 Å². The fourth-order valence-electron chi connectivity index (χ4n) is 1.43. The lowest BCUT2D eigenvalue weighted by molar-refractivity contribution is -0.0385. The summed E-state index contributed by atoms with van der Waals surface area (Å²) < 4.78 is 5.18. The summed E-state index contributed by atoms with van der Waals surface area (Å²) in [6.45, 7) is 0. The van der Waals surface area contributed by atoms with Crippen molar-refractivity contribution in [3.63, 3.8) is 0 Å². The van der Waals surface area contributed by atoms with Crippen molar-refractivity contribution in [2.24, 2.45) is 5.73 Å². The molecule has 0 aromatic heterocycles. The van der Waals surface area contributed by atoms with Crippen LogP contribution in [0.5, 0.6) is 5.75 Å². The molecule has 0 saturated heterocycles. The fraction of sp³-hybridized carbons (Fsp3) is 0.333. The highest BCUT2D eigenvalue weighted by molar-refractivity contribution is 5.37. The molecule has 2 rings (SSSR count). The minimum atomic E-state index is -0.755. The van der Waals surface area contributed by atoms with E-state index >= 15 is 0 Å². The Morgan fingerprint density at radius 2 is 2.17 bits per heavy atom. The van der Waals surface area contributed by atoms with Gasteiger partial charge in [0.2, 0.25) is 0 Å². The second-order valence-electron chi connectivity index (χ2n) is 2.95. The summed E-state index contributed by atoms with van der Waals surface area (Å²) in [4.78, 5) is 0. The lowest BCUT2D eigenvalue weighted by atomic mass is 10.0. The number of fused-ring (bicyclic) bond motifs is 1. The van der Waals surface area contributed by atoms with Crippen molar-refractivity contribution >= 4 is 0 Å². The van der Waals surface area contributed by atoms with Crippen molar-refractivity contribution in [2.75, 3.05) is 0 Å². The van der Waals surface area contributed by atoms with E-state index in [2.05, 4.69) is 0 Å². The highest BCUT2D eigenvalue weighted by atomic mass is 16.6. The number of rotatable bonds is 0. The summed E-state index contributed by atoms with van der Waals surface area (Å²) in [5, 5.41) is 9.22. The minimum Gasteiger partial charge on any atom is -0.465 e. The molecule has 2 unspecified atom stereocenters. The largest absolute Gasteiger partial charge is 0.465 e. The van der Waals surface area contributed by atoms with Crippen LogP contribution in [0.15, 0.2) is 24.3 Å². The molecule has 0 radical (unpaired) electrons. The molecule has 3 nitrogen and oxygen atoms in total. The minimum absolute atomic E-state index is 0.107. The first-order chi connectivity index (χ1) is 5.77. The maximum atomic E-state index is 9.22. The van der Waals surface area contributed by atoms with Crippen LogP contribution in [0.1, 0.15) is 18.0 Å². The molecule has 1 aliphatic rings. The molecule has 1 aliphatic heterocycles. The molecule has 0 amide bonds. The Bertz CT molecular complexity index is 288. The van der Waals surface area contributed by atoms with Crippen LogP contribution in [0.25, 0.3) is 0 Å². The first-order valence-electron chi connectivity index (χ1n) is 3.96. The SMILES string of the molecule is NC1CC(O)Oc2ccccc21. The molecule has 1 aromatic carbocycles. The van der Waals surface area contributed by atoms with Gasteiger partial charge in [0.05, 0.1) is 0 Å². The normalized spacial score (nSPS) is 27.5.